The first-order chi connectivity index (χ1) is 11.9. The third-order valence-electron chi connectivity index (χ3n) is 4.87. The van der Waals surface area contributed by atoms with E-state index in [0.29, 0.717) is 5.56 Å². The Morgan fingerprint density at radius 2 is 1.76 bits per heavy atom. The molecule has 1 heterocycles. The lowest BCUT2D eigenvalue weighted by atomic mass is 9.99. The van der Waals surface area contributed by atoms with Gasteiger partial charge in [0, 0.05) is 11.9 Å². The maximum atomic E-state index is 12.4. The van der Waals surface area contributed by atoms with E-state index in [1.54, 1.807) is 6.92 Å². The second-order valence-electron chi connectivity index (χ2n) is 6.69. The minimum Gasteiger partial charge on any atom is -0.307 e. The van der Waals surface area contributed by atoms with Gasteiger partial charge in [-0.2, -0.15) is 13.5 Å². The lowest BCUT2D eigenvalue weighted by Crippen LogP contribution is -2.38. The second-order valence-corrected chi connectivity index (χ2v) is 8.21. The number of nitrogens with one attached hydrogen (secondary N) is 2. The highest BCUT2D eigenvalue weighted by Gasteiger charge is 2.26. The molecule has 0 spiro atoms. The highest BCUT2D eigenvalue weighted by atomic mass is 32.2. The number of aryl methyl sites for hydroxylation is 3. The molecule has 1 aromatic carbocycles. The number of amides is 2. The Hall–Kier alpha value is -2.35. The highest BCUT2D eigenvalue weighted by Crippen LogP contribution is 2.38. The normalized spacial score (nSPS) is 15.7. The molecule has 2 aliphatic rings. The summed E-state index contributed by atoms with van der Waals surface area (Å²) in [4.78, 5) is 12.4. The molecule has 0 aliphatic heterocycles. The van der Waals surface area contributed by atoms with Gasteiger partial charge in [0.15, 0.2) is 0 Å². The molecule has 0 atom stereocenters. The van der Waals surface area contributed by atoms with Gasteiger partial charge in [-0.1, -0.05) is 6.07 Å². The first kappa shape index (κ1) is 16.1. The summed E-state index contributed by atoms with van der Waals surface area (Å²) in [5.74, 6) is 0. The molecule has 2 aromatic rings. The Kier molecular flexibility index (Phi) is 3.79. The van der Waals surface area contributed by atoms with Crippen molar-refractivity contribution in [3.63, 3.8) is 0 Å². The molecule has 7 nitrogen and oxygen atoms in total. The van der Waals surface area contributed by atoms with Crippen molar-refractivity contribution in [1.29, 1.82) is 0 Å². The maximum absolute atomic E-state index is 12.4. The molecule has 2 aliphatic carbocycles. The van der Waals surface area contributed by atoms with Crippen LogP contribution < -0.4 is 10.0 Å². The molecule has 0 saturated carbocycles. The quantitative estimate of drug-likeness (QED) is 0.876. The predicted octanol–water partition coefficient (Wildman–Crippen LogP) is 2.08. The van der Waals surface area contributed by atoms with E-state index < -0.39 is 16.2 Å². The van der Waals surface area contributed by atoms with E-state index in [0.717, 1.165) is 59.4 Å². The minimum absolute atomic E-state index is 0.699. The van der Waals surface area contributed by atoms with Crippen LogP contribution in [0.15, 0.2) is 18.5 Å². The number of benzene rings is 1. The predicted molar refractivity (Wildman–Crippen MR) is 93.9 cm³/mol. The Bertz CT molecular complexity index is 930. The van der Waals surface area contributed by atoms with Crippen molar-refractivity contribution in [3.8, 4) is 0 Å². The van der Waals surface area contributed by atoms with E-state index in [-0.39, 0.29) is 0 Å². The Morgan fingerprint density at radius 3 is 2.32 bits per heavy atom. The van der Waals surface area contributed by atoms with Gasteiger partial charge < -0.3 is 5.32 Å². The van der Waals surface area contributed by atoms with Gasteiger partial charge in [0.2, 0.25) is 0 Å². The van der Waals surface area contributed by atoms with Gasteiger partial charge in [0.25, 0.3) is 0 Å². The molecule has 2 N–H and O–H groups in total. The Labute approximate surface area is 146 Å². The molecule has 25 heavy (non-hydrogen) atoms. The van der Waals surface area contributed by atoms with Crippen LogP contribution >= 0.6 is 0 Å². The van der Waals surface area contributed by atoms with Gasteiger partial charge in [-0.15, -0.1) is 4.09 Å². The summed E-state index contributed by atoms with van der Waals surface area (Å²) in [7, 11) is -4.04. The summed E-state index contributed by atoms with van der Waals surface area (Å²) in [6.07, 6.45) is 8.79. The lowest BCUT2D eigenvalue weighted by molar-refractivity contribution is 0.256. The molecule has 0 fully saturated rings. The van der Waals surface area contributed by atoms with Crippen molar-refractivity contribution in [2.24, 2.45) is 0 Å². The number of aromatic nitrogens is 2. The van der Waals surface area contributed by atoms with Crippen LogP contribution in [0.5, 0.6) is 0 Å². The lowest BCUT2D eigenvalue weighted by Gasteiger charge is -2.16. The molecule has 0 bridgehead atoms. The van der Waals surface area contributed by atoms with E-state index in [4.69, 9.17) is 0 Å². The number of hydrogen-bond donors (Lipinski definition) is 2. The molecule has 0 saturated heterocycles. The van der Waals surface area contributed by atoms with E-state index in [1.165, 1.54) is 23.5 Å². The summed E-state index contributed by atoms with van der Waals surface area (Å²) in [6, 6.07) is 1.51. The Balaban J connectivity index is 1.60. The van der Waals surface area contributed by atoms with Crippen molar-refractivity contribution >= 4 is 21.9 Å². The molecule has 8 heteroatoms. The van der Waals surface area contributed by atoms with Crippen LogP contribution in [-0.4, -0.2) is 23.6 Å². The molecule has 1 aromatic heterocycles. The zero-order chi connectivity index (χ0) is 17.6. The Morgan fingerprint density at radius 1 is 1.12 bits per heavy atom. The fraction of sp³-hybridized carbons (Fsp3) is 0.412. The molecule has 132 valence electrons. The number of urea groups is 1. The van der Waals surface area contributed by atoms with E-state index >= 15 is 0 Å². The van der Waals surface area contributed by atoms with Gasteiger partial charge in [-0.25, -0.2) is 9.52 Å². The molecule has 0 unspecified atom stereocenters. The van der Waals surface area contributed by atoms with Crippen LogP contribution in [0.3, 0.4) is 0 Å². The van der Waals surface area contributed by atoms with Crippen molar-refractivity contribution < 1.29 is 13.2 Å². The monoisotopic (exact) mass is 360 g/mol. The van der Waals surface area contributed by atoms with Crippen LogP contribution in [0.2, 0.25) is 0 Å². The number of anilines is 1. The van der Waals surface area contributed by atoms with Crippen LogP contribution in [0.4, 0.5) is 10.5 Å². The maximum Gasteiger partial charge on any atom is 0.346 e. The number of rotatable bonds is 3. The average molecular weight is 360 g/mol. The number of hydrogen-bond acceptors (Lipinski definition) is 4. The van der Waals surface area contributed by atoms with Crippen LogP contribution in [0, 0.1) is 6.92 Å². The van der Waals surface area contributed by atoms with Gasteiger partial charge in [0.05, 0.1) is 6.20 Å². The third-order valence-corrected chi connectivity index (χ3v) is 6.00. The zero-order valence-corrected chi connectivity index (χ0v) is 14.8. The number of carbonyl (C=O) groups is 1. The topological polar surface area (TPSA) is 93.1 Å². The van der Waals surface area contributed by atoms with Gasteiger partial charge >= 0.3 is 16.2 Å². The minimum atomic E-state index is -4.04. The molecular weight excluding hydrogens is 340 g/mol. The van der Waals surface area contributed by atoms with Gasteiger partial charge in [0.1, 0.15) is 0 Å². The summed E-state index contributed by atoms with van der Waals surface area (Å²) in [5.41, 5.74) is 6.38. The van der Waals surface area contributed by atoms with E-state index in [2.05, 4.69) is 16.5 Å². The fourth-order valence-electron chi connectivity index (χ4n) is 3.79. The third kappa shape index (κ3) is 2.90. The smallest absolute Gasteiger partial charge is 0.307 e. The zero-order valence-electron chi connectivity index (χ0n) is 14.0. The van der Waals surface area contributed by atoms with Gasteiger partial charge in [-0.3, -0.25) is 0 Å². The molecule has 0 radical (unpaired) electrons. The first-order valence-electron chi connectivity index (χ1n) is 8.46. The van der Waals surface area contributed by atoms with Crippen molar-refractivity contribution in [3.05, 3.63) is 46.3 Å². The van der Waals surface area contributed by atoms with Crippen LogP contribution in [0.25, 0.3) is 0 Å². The molecule has 4 rings (SSSR count). The van der Waals surface area contributed by atoms with E-state index in [9.17, 15) is 13.2 Å². The van der Waals surface area contributed by atoms with E-state index in [1.807, 2.05) is 4.72 Å². The highest BCUT2D eigenvalue weighted by molar-refractivity contribution is 7.88. The molecular formula is C17H20N4O3S. The van der Waals surface area contributed by atoms with Gasteiger partial charge in [-0.05, 0) is 73.3 Å². The second kappa shape index (κ2) is 5.87. The van der Waals surface area contributed by atoms with Crippen molar-refractivity contribution in [2.45, 2.75) is 45.4 Å². The first-order valence-corrected chi connectivity index (χ1v) is 9.90. The summed E-state index contributed by atoms with van der Waals surface area (Å²) < 4.78 is 27.3. The summed E-state index contributed by atoms with van der Waals surface area (Å²) in [6.45, 7) is 1.73. The number of carbonyl (C=O) groups excluding carboxylic acids is 1. The summed E-state index contributed by atoms with van der Waals surface area (Å²) in [5, 5.41) is 6.55. The average Bonchev–Trinajstić information content (AvgIpc) is 3.25. The van der Waals surface area contributed by atoms with Crippen LogP contribution in [-0.2, 0) is 35.9 Å². The molecule has 2 amide bonds. The standard InChI is InChI=1S/C17H20N4O3S/c1-11-9-18-21(10-11)25(23,24)20-17(22)19-16-14-6-2-4-12(14)8-13-5-3-7-15(13)16/h8-10H,2-7H2,1H3,(H2,19,20,22). The summed E-state index contributed by atoms with van der Waals surface area (Å²) >= 11 is 0. The van der Waals surface area contributed by atoms with Crippen molar-refractivity contribution in [1.82, 2.24) is 13.9 Å². The van der Waals surface area contributed by atoms with Crippen LogP contribution in [0.1, 0.15) is 40.7 Å². The SMILES string of the molecule is Cc1cnn(S(=O)(=O)NC(=O)Nc2c3c(cc4c2CCC4)CCC3)c1. The number of nitrogens with zero attached hydrogens (tertiary/aromatic N) is 2. The number of fused-ring (bicyclic) bond motifs is 2. The largest absolute Gasteiger partial charge is 0.346 e. The fourth-order valence-corrected chi connectivity index (χ4v) is 4.65. The van der Waals surface area contributed by atoms with Crippen molar-refractivity contribution in [2.75, 3.05) is 5.32 Å².